The smallest absolute Gasteiger partial charge is 0.408 e. The molecule has 3 rings (SSSR count). The van der Waals surface area contributed by atoms with E-state index in [0.29, 0.717) is 12.8 Å². The largest absolute Gasteiger partial charge is 0.480 e. The van der Waals surface area contributed by atoms with Crippen molar-refractivity contribution in [1.29, 1.82) is 0 Å². The van der Waals surface area contributed by atoms with Gasteiger partial charge in [0.1, 0.15) is 12.1 Å². The Morgan fingerprint density at radius 3 is 2.46 bits per heavy atom. The van der Waals surface area contributed by atoms with Crippen molar-refractivity contribution in [1.82, 2.24) is 10.2 Å². The number of nitrogens with one attached hydrogen (secondary N) is 1. The Morgan fingerprint density at radius 1 is 1.25 bits per heavy atom. The van der Waals surface area contributed by atoms with Crippen molar-refractivity contribution in [3.05, 3.63) is 35.9 Å². The topological polar surface area (TPSA) is 78.9 Å². The Labute approximate surface area is 141 Å². The number of rotatable bonds is 4. The van der Waals surface area contributed by atoms with E-state index in [1.165, 1.54) is 0 Å². The first-order valence-corrected chi connectivity index (χ1v) is 8.44. The molecule has 130 valence electrons. The van der Waals surface area contributed by atoms with E-state index in [9.17, 15) is 14.7 Å². The Balaban J connectivity index is 1.66. The van der Waals surface area contributed by atoms with Gasteiger partial charge in [-0.05, 0) is 38.3 Å². The highest BCUT2D eigenvalue weighted by molar-refractivity contribution is 5.84. The van der Waals surface area contributed by atoms with Gasteiger partial charge in [-0.1, -0.05) is 36.8 Å². The summed E-state index contributed by atoms with van der Waals surface area (Å²) >= 11 is 0. The predicted molar refractivity (Wildman–Crippen MR) is 88.6 cm³/mol. The van der Waals surface area contributed by atoms with Gasteiger partial charge >= 0.3 is 12.1 Å². The minimum atomic E-state index is -1.23. The molecule has 2 aliphatic rings. The fraction of sp³-hybridized carbons (Fsp3) is 0.556. The van der Waals surface area contributed by atoms with Gasteiger partial charge in [-0.3, -0.25) is 0 Å². The lowest BCUT2D eigenvalue weighted by Gasteiger charge is -2.50. The Hall–Kier alpha value is -2.08. The van der Waals surface area contributed by atoms with Crippen LogP contribution in [0.5, 0.6) is 0 Å². The lowest BCUT2D eigenvalue weighted by molar-refractivity contribution is -0.150. The van der Waals surface area contributed by atoms with Crippen LogP contribution in [0.1, 0.15) is 37.7 Å². The van der Waals surface area contributed by atoms with Gasteiger partial charge < -0.3 is 20.1 Å². The van der Waals surface area contributed by atoms with Crippen LogP contribution in [-0.4, -0.2) is 46.7 Å². The van der Waals surface area contributed by atoms with Crippen LogP contribution in [0.4, 0.5) is 4.79 Å². The fourth-order valence-electron chi connectivity index (χ4n) is 3.96. The highest BCUT2D eigenvalue weighted by Crippen LogP contribution is 2.38. The molecule has 6 heteroatoms. The van der Waals surface area contributed by atoms with E-state index >= 15 is 0 Å². The maximum Gasteiger partial charge on any atom is 0.408 e. The minimum Gasteiger partial charge on any atom is -0.480 e. The molecule has 2 atom stereocenters. The summed E-state index contributed by atoms with van der Waals surface area (Å²) in [4.78, 5) is 26.4. The number of carboxylic acids is 1. The molecule has 0 radical (unpaired) electrons. The van der Waals surface area contributed by atoms with Gasteiger partial charge in [0.25, 0.3) is 0 Å². The van der Waals surface area contributed by atoms with Gasteiger partial charge in [-0.2, -0.15) is 0 Å². The number of hydrogen-bond acceptors (Lipinski definition) is 4. The average Bonchev–Trinajstić information content (AvgIpc) is 2.55. The molecule has 2 heterocycles. The van der Waals surface area contributed by atoms with Gasteiger partial charge in [0.2, 0.25) is 0 Å². The third-order valence-corrected chi connectivity index (χ3v) is 5.36. The van der Waals surface area contributed by atoms with E-state index in [-0.39, 0.29) is 18.7 Å². The van der Waals surface area contributed by atoms with E-state index in [2.05, 4.69) is 10.2 Å². The summed E-state index contributed by atoms with van der Waals surface area (Å²) < 4.78 is 5.23. The van der Waals surface area contributed by atoms with Crippen LogP contribution in [0.2, 0.25) is 0 Å². The highest BCUT2D eigenvalue weighted by Gasteiger charge is 2.51. The van der Waals surface area contributed by atoms with Crippen molar-refractivity contribution in [3.8, 4) is 0 Å². The van der Waals surface area contributed by atoms with Crippen molar-refractivity contribution >= 4 is 12.1 Å². The van der Waals surface area contributed by atoms with Crippen molar-refractivity contribution in [2.75, 3.05) is 7.05 Å². The summed E-state index contributed by atoms with van der Waals surface area (Å²) in [6.07, 6.45) is 3.26. The standard InChI is InChI=1S/C18H24N2O4/c1-20-14-8-5-9-15(20)11-18(10-14,16(21)22)19-17(23)24-12-13-6-3-2-4-7-13/h2-4,6-7,14-15H,5,8-12H2,1H3,(H,19,23)(H,21,22). The molecule has 1 aromatic rings. The number of ether oxygens (including phenoxy) is 1. The first kappa shape index (κ1) is 16.8. The molecule has 0 saturated carbocycles. The molecule has 2 fully saturated rings. The number of fused-ring (bicyclic) bond motifs is 2. The lowest BCUT2D eigenvalue weighted by atomic mass is 9.74. The number of carbonyl (C=O) groups is 2. The van der Waals surface area contributed by atoms with E-state index in [0.717, 1.165) is 24.8 Å². The fourth-order valence-corrected chi connectivity index (χ4v) is 3.96. The second-order valence-corrected chi connectivity index (χ2v) is 6.89. The quantitative estimate of drug-likeness (QED) is 0.885. The maximum absolute atomic E-state index is 12.2. The first-order chi connectivity index (χ1) is 11.5. The van der Waals surface area contributed by atoms with Crippen molar-refractivity contribution < 1.29 is 19.4 Å². The van der Waals surface area contributed by atoms with Crippen molar-refractivity contribution in [2.45, 2.75) is 56.3 Å². The monoisotopic (exact) mass is 332 g/mol. The van der Waals surface area contributed by atoms with Crippen LogP contribution in [-0.2, 0) is 16.1 Å². The van der Waals surface area contributed by atoms with Crippen LogP contribution in [0.15, 0.2) is 30.3 Å². The normalized spacial score (nSPS) is 29.7. The summed E-state index contributed by atoms with van der Waals surface area (Å²) in [6, 6.07) is 9.74. The number of aliphatic carboxylic acids is 1. The number of carboxylic acid groups (broad SMARTS) is 1. The summed E-state index contributed by atoms with van der Waals surface area (Å²) in [7, 11) is 2.05. The van der Waals surface area contributed by atoms with Crippen LogP contribution in [0.3, 0.4) is 0 Å². The maximum atomic E-state index is 12.2. The molecule has 0 aromatic heterocycles. The lowest BCUT2D eigenvalue weighted by Crippen LogP contribution is -2.65. The average molecular weight is 332 g/mol. The van der Waals surface area contributed by atoms with E-state index < -0.39 is 17.6 Å². The van der Waals surface area contributed by atoms with Crippen molar-refractivity contribution in [3.63, 3.8) is 0 Å². The summed E-state index contributed by atoms with van der Waals surface area (Å²) in [5.41, 5.74) is -0.354. The molecule has 2 bridgehead atoms. The predicted octanol–water partition coefficient (Wildman–Crippen LogP) is 2.38. The van der Waals surface area contributed by atoms with Crippen LogP contribution in [0.25, 0.3) is 0 Å². The molecule has 6 nitrogen and oxygen atoms in total. The van der Waals surface area contributed by atoms with E-state index in [4.69, 9.17) is 4.74 Å². The first-order valence-electron chi connectivity index (χ1n) is 8.44. The molecule has 0 aliphatic carbocycles. The second kappa shape index (κ2) is 6.81. The molecule has 24 heavy (non-hydrogen) atoms. The SMILES string of the molecule is CN1C2CCCC1CC(NC(=O)OCc1ccccc1)(C(=O)O)C2. The van der Waals surface area contributed by atoms with Crippen molar-refractivity contribution in [2.24, 2.45) is 0 Å². The van der Waals surface area contributed by atoms with Gasteiger partial charge in [0.15, 0.2) is 0 Å². The number of benzene rings is 1. The number of alkyl carbamates (subject to hydrolysis) is 1. The molecule has 2 saturated heterocycles. The van der Waals surface area contributed by atoms with Gasteiger partial charge in [-0.15, -0.1) is 0 Å². The van der Waals surface area contributed by atoms with Crippen LogP contribution < -0.4 is 5.32 Å². The number of carbonyl (C=O) groups excluding carboxylic acids is 1. The second-order valence-electron chi connectivity index (χ2n) is 6.89. The molecule has 2 unspecified atom stereocenters. The van der Waals surface area contributed by atoms with Crippen LogP contribution in [0, 0.1) is 0 Å². The third-order valence-electron chi connectivity index (χ3n) is 5.36. The summed E-state index contributed by atoms with van der Waals surface area (Å²) in [5, 5.41) is 12.4. The molecule has 0 spiro atoms. The Bertz CT molecular complexity index is 590. The Kier molecular flexibility index (Phi) is 4.76. The molecule has 2 N–H and O–H groups in total. The molecular weight excluding hydrogens is 308 g/mol. The molecule has 1 amide bonds. The zero-order valence-corrected chi connectivity index (χ0v) is 13.9. The Morgan fingerprint density at radius 2 is 1.88 bits per heavy atom. The van der Waals surface area contributed by atoms with Gasteiger partial charge in [0, 0.05) is 12.1 Å². The number of amides is 1. The van der Waals surface area contributed by atoms with E-state index in [1.54, 1.807) is 0 Å². The van der Waals surface area contributed by atoms with Gasteiger partial charge in [0.05, 0.1) is 0 Å². The summed E-state index contributed by atoms with van der Waals surface area (Å²) in [5.74, 6) is -0.968. The van der Waals surface area contributed by atoms with Gasteiger partial charge in [-0.25, -0.2) is 9.59 Å². The molecular formula is C18H24N2O4. The number of nitrogens with zero attached hydrogens (tertiary/aromatic N) is 1. The number of hydrogen-bond donors (Lipinski definition) is 2. The zero-order chi connectivity index (χ0) is 17.2. The molecule has 2 aliphatic heterocycles. The minimum absolute atomic E-state index is 0.134. The third kappa shape index (κ3) is 3.38. The highest BCUT2D eigenvalue weighted by atomic mass is 16.5. The summed E-state index contributed by atoms with van der Waals surface area (Å²) in [6.45, 7) is 0.134. The van der Waals surface area contributed by atoms with Crippen LogP contribution >= 0.6 is 0 Å². The number of piperidine rings is 2. The zero-order valence-electron chi connectivity index (χ0n) is 13.9. The van der Waals surface area contributed by atoms with E-state index in [1.807, 2.05) is 37.4 Å². The molecule has 1 aromatic carbocycles.